The molecule has 6 rings (SSSR count). The van der Waals surface area contributed by atoms with Crippen LogP contribution in [0.15, 0.2) is 24.3 Å². The van der Waals surface area contributed by atoms with Crippen LogP contribution in [0.3, 0.4) is 0 Å². The van der Waals surface area contributed by atoms with Crippen molar-refractivity contribution in [2.24, 2.45) is 17.3 Å². The van der Waals surface area contributed by atoms with Crippen LogP contribution in [0.4, 0.5) is 0 Å². The molecule has 4 fully saturated rings. The quantitative estimate of drug-likeness (QED) is 0.422. The molecule has 1 aromatic carbocycles. The van der Waals surface area contributed by atoms with E-state index >= 15 is 0 Å². The summed E-state index contributed by atoms with van der Waals surface area (Å²) >= 11 is 0. The van der Waals surface area contributed by atoms with E-state index in [0.29, 0.717) is 19.0 Å². The van der Waals surface area contributed by atoms with Crippen LogP contribution in [0.25, 0.3) is 0 Å². The van der Waals surface area contributed by atoms with E-state index in [0.717, 1.165) is 42.0 Å². The smallest absolute Gasteiger partial charge is 0.231 e. The van der Waals surface area contributed by atoms with Crippen molar-refractivity contribution in [3.8, 4) is 11.5 Å². The molecule has 0 amide bonds. The molecule has 0 N–H and O–H groups in total. The highest BCUT2D eigenvalue weighted by molar-refractivity contribution is 5.40. The lowest BCUT2D eigenvalue weighted by Crippen LogP contribution is -2.40. The Balaban J connectivity index is 0.000000222. The fraction of sp³-hybridized carbons (Fsp3) is 0.778. The van der Waals surface area contributed by atoms with Crippen molar-refractivity contribution < 1.29 is 18.9 Å². The van der Waals surface area contributed by atoms with Crippen molar-refractivity contribution in [1.82, 2.24) is 0 Å². The molecule has 31 heavy (non-hydrogen) atoms. The molecule has 3 aliphatic carbocycles. The number of hydrogen-bond acceptors (Lipinski definition) is 4. The lowest BCUT2D eigenvalue weighted by molar-refractivity contribution is -0.153. The number of hydrogen-bond donors (Lipinski definition) is 0. The predicted molar refractivity (Wildman–Crippen MR) is 130 cm³/mol. The van der Waals surface area contributed by atoms with E-state index < -0.39 is 0 Å². The van der Waals surface area contributed by atoms with Gasteiger partial charge < -0.3 is 18.9 Å². The Bertz CT molecular complexity index is 566. The van der Waals surface area contributed by atoms with Gasteiger partial charge in [-0.1, -0.05) is 73.9 Å². The molecule has 4 unspecified atom stereocenters. The summed E-state index contributed by atoms with van der Waals surface area (Å²) in [6, 6.07) is 7.63. The van der Waals surface area contributed by atoms with Gasteiger partial charge in [0.05, 0.1) is 25.4 Å². The Labute approximate surface area is 192 Å². The maximum Gasteiger partial charge on any atom is 0.231 e. The van der Waals surface area contributed by atoms with Crippen LogP contribution in [0.5, 0.6) is 11.5 Å². The van der Waals surface area contributed by atoms with Crippen LogP contribution in [-0.4, -0.2) is 32.2 Å². The van der Waals surface area contributed by atoms with Gasteiger partial charge in [0.2, 0.25) is 6.79 Å². The minimum Gasteiger partial charge on any atom is -0.454 e. The summed E-state index contributed by atoms with van der Waals surface area (Å²) in [5.41, 5.74) is 0.747. The first-order valence-corrected chi connectivity index (χ1v) is 11.2. The topological polar surface area (TPSA) is 36.9 Å². The van der Waals surface area contributed by atoms with Gasteiger partial charge in [0.1, 0.15) is 0 Å². The van der Waals surface area contributed by atoms with Crippen LogP contribution in [0.1, 0.15) is 87.5 Å². The summed E-state index contributed by atoms with van der Waals surface area (Å²) in [7, 11) is 0. The van der Waals surface area contributed by atoms with Crippen LogP contribution in [0, 0.1) is 17.3 Å². The Kier molecular flexibility index (Phi) is 11.4. The van der Waals surface area contributed by atoms with E-state index in [4.69, 9.17) is 18.9 Å². The van der Waals surface area contributed by atoms with Crippen molar-refractivity contribution in [3.63, 3.8) is 0 Å². The molecular formula is C27H48O4. The lowest BCUT2D eigenvalue weighted by Gasteiger charge is -2.35. The average molecular weight is 437 g/mol. The molecule has 0 radical (unpaired) electrons. The molecule has 2 aliphatic heterocycles. The highest BCUT2D eigenvalue weighted by atomic mass is 16.7. The second-order valence-electron chi connectivity index (χ2n) is 9.28. The minimum absolute atomic E-state index is 0. The molecule has 0 bridgehead atoms. The molecule has 180 valence electrons. The van der Waals surface area contributed by atoms with Crippen LogP contribution >= 0.6 is 0 Å². The maximum absolute atomic E-state index is 5.56. The molecule has 4 heteroatoms. The fourth-order valence-electron chi connectivity index (χ4n) is 5.42. The molecule has 1 saturated heterocycles. The van der Waals surface area contributed by atoms with Gasteiger partial charge in [-0.05, 0) is 55.1 Å². The summed E-state index contributed by atoms with van der Waals surface area (Å²) in [5.74, 6) is 3.92. The van der Waals surface area contributed by atoms with Crippen molar-refractivity contribution >= 4 is 0 Å². The first kappa shape index (κ1) is 27.8. The molecule has 0 spiro atoms. The van der Waals surface area contributed by atoms with Gasteiger partial charge in [-0.3, -0.25) is 0 Å². The Morgan fingerprint density at radius 1 is 0.677 bits per heavy atom. The van der Waals surface area contributed by atoms with E-state index in [2.05, 4.69) is 13.8 Å². The monoisotopic (exact) mass is 436 g/mol. The second-order valence-corrected chi connectivity index (χ2v) is 9.28. The maximum atomic E-state index is 5.56. The zero-order valence-electron chi connectivity index (χ0n) is 17.5. The minimum atomic E-state index is 0. The van der Waals surface area contributed by atoms with Crippen molar-refractivity contribution in [2.75, 3.05) is 20.0 Å². The third kappa shape index (κ3) is 6.86. The van der Waals surface area contributed by atoms with E-state index in [1.807, 2.05) is 24.3 Å². The average Bonchev–Trinajstić information content (AvgIpc) is 3.08. The molecule has 4 nitrogen and oxygen atoms in total. The lowest BCUT2D eigenvalue weighted by atomic mass is 9.94. The van der Waals surface area contributed by atoms with E-state index in [1.54, 1.807) is 0 Å². The normalized spacial score (nSPS) is 30.5. The Morgan fingerprint density at radius 3 is 1.52 bits per heavy atom. The van der Waals surface area contributed by atoms with E-state index in [9.17, 15) is 0 Å². The molecule has 0 aromatic heterocycles. The molecule has 4 atom stereocenters. The van der Waals surface area contributed by atoms with Crippen LogP contribution < -0.4 is 9.47 Å². The zero-order chi connectivity index (χ0) is 19.4. The number of rotatable bonds is 0. The third-order valence-electron chi connectivity index (χ3n) is 7.24. The van der Waals surface area contributed by atoms with Crippen molar-refractivity contribution in [1.29, 1.82) is 0 Å². The van der Waals surface area contributed by atoms with Gasteiger partial charge in [-0.2, -0.15) is 0 Å². The summed E-state index contributed by atoms with van der Waals surface area (Å²) in [4.78, 5) is 0. The van der Waals surface area contributed by atoms with Crippen LogP contribution in [0.2, 0.25) is 0 Å². The number of para-hydroxylation sites is 2. The number of benzene rings is 1. The van der Waals surface area contributed by atoms with Gasteiger partial charge in [0.15, 0.2) is 11.5 Å². The van der Waals surface area contributed by atoms with Crippen molar-refractivity contribution in [3.05, 3.63) is 24.3 Å². The fourth-order valence-corrected chi connectivity index (χ4v) is 5.42. The summed E-state index contributed by atoms with van der Waals surface area (Å²) in [5, 5.41) is 0. The summed E-state index contributed by atoms with van der Waals surface area (Å²) in [6.45, 7) is 6.85. The number of ether oxygens (including phenoxy) is 4. The standard InChI is InChI=1S/C9H16.C8H14O2.C7H6O2.3CH4/c1-9(2)7-5-3-4-6-8(7)9;1-2-4-8-7(3-1)9-5-6-10-8;1-2-4-7-6(3-1)8-5-9-7;;;/h7-8H,3-6H2,1-2H3;7-8H,1-6H2;1-4H,5H2;3*1H4. The SMILES string of the molecule is C.C.C.C1CCC2OCCOC2C1.CC1(C)C2CCCCC21.c1ccc2c(c1)OCO2. The Hall–Kier alpha value is -1.26. The molecular weight excluding hydrogens is 388 g/mol. The van der Waals surface area contributed by atoms with Gasteiger partial charge in [-0.15, -0.1) is 0 Å². The molecule has 2 heterocycles. The van der Waals surface area contributed by atoms with Gasteiger partial charge in [0.25, 0.3) is 0 Å². The highest BCUT2D eigenvalue weighted by Crippen LogP contribution is 2.64. The third-order valence-corrected chi connectivity index (χ3v) is 7.24. The molecule has 5 aliphatic rings. The highest BCUT2D eigenvalue weighted by Gasteiger charge is 2.57. The van der Waals surface area contributed by atoms with Crippen molar-refractivity contribution in [2.45, 2.75) is 99.7 Å². The summed E-state index contributed by atoms with van der Waals surface area (Å²) < 4.78 is 21.3. The van der Waals surface area contributed by atoms with E-state index in [-0.39, 0.29) is 22.3 Å². The largest absolute Gasteiger partial charge is 0.454 e. The summed E-state index contributed by atoms with van der Waals surface area (Å²) in [6.07, 6.45) is 12.0. The van der Waals surface area contributed by atoms with Gasteiger partial charge >= 0.3 is 0 Å². The second kappa shape index (κ2) is 12.7. The van der Waals surface area contributed by atoms with Gasteiger partial charge in [0, 0.05) is 0 Å². The first-order valence-electron chi connectivity index (χ1n) is 11.2. The zero-order valence-corrected chi connectivity index (χ0v) is 17.5. The van der Waals surface area contributed by atoms with Crippen LogP contribution in [-0.2, 0) is 9.47 Å². The van der Waals surface area contributed by atoms with E-state index in [1.165, 1.54) is 51.4 Å². The number of fused-ring (bicyclic) bond motifs is 3. The van der Waals surface area contributed by atoms with Gasteiger partial charge in [-0.25, -0.2) is 0 Å². The molecule has 3 saturated carbocycles. The predicted octanol–water partition coefficient (Wildman–Crippen LogP) is 7.50. The first-order chi connectivity index (χ1) is 13.7. The Morgan fingerprint density at radius 2 is 1.10 bits per heavy atom. The molecule has 1 aromatic rings.